The number of rotatable bonds is 4. The number of ether oxygens (including phenoxy) is 1. The molecule has 0 aliphatic carbocycles. The van der Waals surface area contributed by atoms with Gasteiger partial charge < -0.3 is 10.5 Å². The molecule has 0 atom stereocenters. The van der Waals surface area contributed by atoms with E-state index in [-0.39, 0.29) is 0 Å². The topological polar surface area (TPSA) is 61.0 Å². The predicted molar refractivity (Wildman–Crippen MR) is 66.8 cm³/mol. The lowest BCUT2D eigenvalue weighted by Gasteiger charge is -2.07. The van der Waals surface area contributed by atoms with Crippen LogP contribution in [0.25, 0.3) is 0 Å². The van der Waals surface area contributed by atoms with Crippen LogP contribution in [0.4, 0.5) is 5.69 Å². The van der Waals surface area contributed by atoms with Crippen LogP contribution in [-0.4, -0.2) is 16.6 Å². The van der Waals surface area contributed by atoms with Crippen molar-refractivity contribution in [3.05, 3.63) is 47.9 Å². The summed E-state index contributed by atoms with van der Waals surface area (Å²) in [6.45, 7) is 2.43. The van der Waals surface area contributed by atoms with Gasteiger partial charge in [-0.3, -0.25) is 4.98 Å². The highest BCUT2D eigenvalue weighted by atomic mass is 16.5. The highest BCUT2D eigenvalue weighted by molar-refractivity contribution is 5.48. The van der Waals surface area contributed by atoms with Gasteiger partial charge in [0, 0.05) is 24.0 Å². The maximum absolute atomic E-state index is 5.77. The summed E-state index contributed by atoms with van der Waals surface area (Å²) in [6, 6.07) is 9.49. The molecular weight excluding hydrogens is 214 g/mol. The number of nitrogens with zero attached hydrogens (tertiary/aromatic N) is 2. The van der Waals surface area contributed by atoms with Gasteiger partial charge >= 0.3 is 0 Å². The van der Waals surface area contributed by atoms with Crippen LogP contribution in [-0.2, 0) is 6.42 Å². The van der Waals surface area contributed by atoms with Gasteiger partial charge in [-0.25, -0.2) is 4.98 Å². The van der Waals surface area contributed by atoms with E-state index in [0.29, 0.717) is 18.2 Å². The van der Waals surface area contributed by atoms with Gasteiger partial charge in [-0.1, -0.05) is 6.07 Å². The maximum atomic E-state index is 5.77. The minimum absolute atomic E-state index is 0.501. The van der Waals surface area contributed by atoms with Crippen molar-refractivity contribution < 1.29 is 4.74 Å². The van der Waals surface area contributed by atoms with Gasteiger partial charge in [0.15, 0.2) is 0 Å². The van der Waals surface area contributed by atoms with Crippen molar-refractivity contribution in [3.63, 3.8) is 0 Å². The summed E-state index contributed by atoms with van der Waals surface area (Å²) in [5.41, 5.74) is 8.23. The van der Waals surface area contributed by atoms with Crippen molar-refractivity contribution in [2.45, 2.75) is 13.3 Å². The Morgan fingerprint density at radius 2 is 2.12 bits per heavy atom. The fourth-order valence-electron chi connectivity index (χ4n) is 1.46. The zero-order chi connectivity index (χ0) is 12.1. The number of aryl methyl sites for hydroxylation is 1. The first-order chi connectivity index (χ1) is 8.25. The van der Waals surface area contributed by atoms with Gasteiger partial charge in [-0.15, -0.1) is 0 Å². The molecule has 17 heavy (non-hydrogen) atoms. The molecule has 0 aliphatic heterocycles. The number of aromatic nitrogens is 2. The molecule has 0 amide bonds. The van der Waals surface area contributed by atoms with Crippen LogP contribution < -0.4 is 10.5 Å². The number of hydrogen-bond donors (Lipinski definition) is 1. The van der Waals surface area contributed by atoms with Crippen LogP contribution in [0.2, 0.25) is 0 Å². The number of pyridine rings is 2. The Labute approximate surface area is 100 Å². The number of anilines is 1. The third kappa shape index (κ3) is 3.17. The van der Waals surface area contributed by atoms with Crippen LogP contribution in [0.15, 0.2) is 36.5 Å². The van der Waals surface area contributed by atoms with E-state index in [1.165, 1.54) is 0 Å². The number of hydrogen-bond acceptors (Lipinski definition) is 4. The van der Waals surface area contributed by atoms with Crippen LogP contribution >= 0.6 is 0 Å². The summed E-state index contributed by atoms with van der Waals surface area (Å²) >= 11 is 0. The van der Waals surface area contributed by atoms with Crippen LogP contribution in [0, 0.1) is 6.92 Å². The Hall–Kier alpha value is -2.10. The molecule has 0 unspecified atom stereocenters. The standard InChI is InChI=1S/C13H15N3O/c1-10-5-6-12(14)13(16-10)17-9-7-11-4-2-3-8-15-11/h2-6,8H,7,9,14H2,1H3. The number of nitrogen functional groups attached to an aromatic ring is 1. The maximum Gasteiger partial charge on any atom is 0.237 e. The second-order valence-electron chi connectivity index (χ2n) is 3.77. The first-order valence-corrected chi connectivity index (χ1v) is 5.51. The van der Waals surface area contributed by atoms with Gasteiger partial charge in [-0.05, 0) is 31.2 Å². The van der Waals surface area contributed by atoms with E-state index in [4.69, 9.17) is 10.5 Å². The van der Waals surface area contributed by atoms with Crippen molar-refractivity contribution >= 4 is 5.69 Å². The summed E-state index contributed by atoms with van der Waals surface area (Å²) in [6.07, 6.45) is 2.52. The molecule has 2 aromatic heterocycles. The second kappa shape index (κ2) is 5.30. The Bertz CT molecular complexity index is 485. The van der Waals surface area contributed by atoms with E-state index in [1.807, 2.05) is 31.2 Å². The summed E-state index contributed by atoms with van der Waals surface area (Å²) in [4.78, 5) is 8.45. The Balaban J connectivity index is 1.92. The van der Waals surface area contributed by atoms with Gasteiger partial charge in [0.1, 0.15) is 0 Å². The summed E-state index contributed by atoms with van der Waals surface area (Å²) in [7, 11) is 0. The van der Waals surface area contributed by atoms with Crippen molar-refractivity contribution in [3.8, 4) is 5.88 Å². The third-order valence-electron chi connectivity index (χ3n) is 2.35. The summed E-state index contributed by atoms with van der Waals surface area (Å²) < 4.78 is 5.55. The minimum atomic E-state index is 0.501. The molecule has 2 N–H and O–H groups in total. The first kappa shape index (κ1) is 11.4. The predicted octanol–water partition coefficient (Wildman–Crippen LogP) is 1.99. The van der Waals surface area contributed by atoms with Gasteiger partial charge in [0.25, 0.3) is 0 Å². The molecule has 0 spiro atoms. The Morgan fingerprint density at radius 1 is 1.24 bits per heavy atom. The monoisotopic (exact) mass is 229 g/mol. The SMILES string of the molecule is Cc1ccc(N)c(OCCc2ccccn2)n1. The van der Waals surface area contributed by atoms with E-state index in [1.54, 1.807) is 12.3 Å². The molecular formula is C13H15N3O. The molecule has 2 heterocycles. The zero-order valence-corrected chi connectivity index (χ0v) is 9.76. The quantitative estimate of drug-likeness (QED) is 0.871. The Kier molecular flexibility index (Phi) is 3.55. The molecule has 0 fully saturated rings. The van der Waals surface area contributed by atoms with Crippen molar-refractivity contribution in [2.75, 3.05) is 12.3 Å². The molecule has 88 valence electrons. The molecule has 0 radical (unpaired) electrons. The average Bonchev–Trinajstić information content (AvgIpc) is 2.35. The van der Waals surface area contributed by atoms with Crippen molar-refractivity contribution in [1.29, 1.82) is 0 Å². The molecule has 0 saturated heterocycles. The van der Waals surface area contributed by atoms with E-state index in [0.717, 1.165) is 17.8 Å². The highest BCUT2D eigenvalue weighted by Crippen LogP contribution is 2.18. The lowest BCUT2D eigenvalue weighted by Crippen LogP contribution is -2.06. The second-order valence-corrected chi connectivity index (χ2v) is 3.77. The molecule has 0 aromatic carbocycles. The molecule has 0 bridgehead atoms. The average molecular weight is 229 g/mol. The summed E-state index contributed by atoms with van der Waals surface area (Å²) in [5.74, 6) is 0.501. The highest BCUT2D eigenvalue weighted by Gasteiger charge is 2.02. The molecule has 4 nitrogen and oxygen atoms in total. The van der Waals surface area contributed by atoms with E-state index >= 15 is 0 Å². The first-order valence-electron chi connectivity index (χ1n) is 5.51. The van der Waals surface area contributed by atoms with Gasteiger partial charge in [0.2, 0.25) is 5.88 Å². The van der Waals surface area contributed by atoms with E-state index in [2.05, 4.69) is 9.97 Å². The smallest absolute Gasteiger partial charge is 0.237 e. The fraction of sp³-hybridized carbons (Fsp3) is 0.231. The Morgan fingerprint density at radius 3 is 2.88 bits per heavy atom. The van der Waals surface area contributed by atoms with E-state index < -0.39 is 0 Å². The van der Waals surface area contributed by atoms with Gasteiger partial charge in [0.05, 0.1) is 12.3 Å². The zero-order valence-electron chi connectivity index (χ0n) is 9.76. The third-order valence-corrected chi connectivity index (χ3v) is 2.35. The van der Waals surface area contributed by atoms with Crippen molar-refractivity contribution in [2.24, 2.45) is 0 Å². The molecule has 2 aromatic rings. The lowest BCUT2D eigenvalue weighted by atomic mass is 10.3. The number of nitrogens with two attached hydrogens (primary N) is 1. The molecule has 0 aliphatic rings. The fourth-order valence-corrected chi connectivity index (χ4v) is 1.46. The lowest BCUT2D eigenvalue weighted by molar-refractivity contribution is 0.309. The van der Waals surface area contributed by atoms with Crippen molar-refractivity contribution in [1.82, 2.24) is 9.97 Å². The molecule has 0 saturated carbocycles. The van der Waals surface area contributed by atoms with Gasteiger partial charge in [-0.2, -0.15) is 0 Å². The van der Waals surface area contributed by atoms with Crippen LogP contribution in [0.5, 0.6) is 5.88 Å². The molecule has 2 rings (SSSR count). The van der Waals surface area contributed by atoms with Crippen LogP contribution in [0.3, 0.4) is 0 Å². The molecule has 4 heteroatoms. The largest absolute Gasteiger partial charge is 0.476 e. The van der Waals surface area contributed by atoms with Crippen LogP contribution in [0.1, 0.15) is 11.4 Å². The summed E-state index contributed by atoms with van der Waals surface area (Å²) in [5, 5.41) is 0. The normalized spacial score (nSPS) is 10.2. The minimum Gasteiger partial charge on any atom is -0.476 e. The van der Waals surface area contributed by atoms with E-state index in [9.17, 15) is 0 Å².